The number of nitrogens with one attached hydrogen (secondary N) is 2. The summed E-state index contributed by atoms with van der Waals surface area (Å²) in [6.45, 7) is 1.97. The average molecular weight is 708 g/mol. The minimum atomic E-state index is -0.423. The lowest BCUT2D eigenvalue weighted by Gasteiger charge is -2.44. The summed E-state index contributed by atoms with van der Waals surface area (Å²) in [7, 11) is 4.52. The van der Waals surface area contributed by atoms with E-state index >= 15 is 0 Å². The van der Waals surface area contributed by atoms with Crippen LogP contribution in [-0.2, 0) is 6.54 Å². The molecule has 0 spiro atoms. The molecule has 46 heavy (non-hydrogen) atoms. The number of carbonyl (C=O) groups excluding carboxylic acids is 2. The summed E-state index contributed by atoms with van der Waals surface area (Å²) in [6, 6.07) is 19.0. The van der Waals surface area contributed by atoms with Crippen LogP contribution >= 0.6 is 27.5 Å². The van der Waals surface area contributed by atoms with E-state index in [9.17, 15) is 14.4 Å². The topological polar surface area (TPSA) is 111 Å². The molecule has 2 aliphatic rings. The zero-order valence-corrected chi connectivity index (χ0v) is 27.8. The van der Waals surface area contributed by atoms with Crippen molar-refractivity contribution in [1.29, 1.82) is 0 Å². The van der Waals surface area contributed by atoms with Crippen LogP contribution in [0, 0.1) is 5.92 Å². The maximum Gasteiger partial charge on any atom is 0.257 e. The van der Waals surface area contributed by atoms with Crippen LogP contribution in [0.5, 0.6) is 17.2 Å². The van der Waals surface area contributed by atoms with Crippen LogP contribution in [0.25, 0.3) is 0 Å². The molecule has 2 atom stereocenters. The Hall–Kier alpha value is -4.48. The molecule has 6 rings (SSSR count). The van der Waals surface area contributed by atoms with E-state index in [0.29, 0.717) is 68.9 Å². The second kappa shape index (κ2) is 13.1. The van der Waals surface area contributed by atoms with Crippen LogP contribution in [0.15, 0.2) is 76.0 Å². The number of amides is 2. The molecule has 0 aliphatic carbocycles. The number of carbonyl (C=O) groups is 2. The average Bonchev–Trinajstić information content (AvgIpc) is 3.05. The Bertz CT molecular complexity index is 1900. The molecule has 4 aromatic rings. The monoisotopic (exact) mass is 706 g/mol. The first-order valence-corrected chi connectivity index (χ1v) is 15.8. The van der Waals surface area contributed by atoms with Gasteiger partial charge in [-0.25, -0.2) is 0 Å². The number of pyridine rings is 1. The highest BCUT2D eigenvalue weighted by molar-refractivity contribution is 9.10. The fourth-order valence-electron chi connectivity index (χ4n) is 6.29. The van der Waals surface area contributed by atoms with E-state index in [1.54, 1.807) is 48.5 Å². The number of nitrogens with zero attached hydrogens (tertiary/aromatic N) is 2. The third-order valence-corrected chi connectivity index (χ3v) is 9.45. The summed E-state index contributed by atoms with van der Waals surface area (Å²) in [5.74, 6) is 0.919. The normalized spacial score (nSPS) is 16.7. The molecule has 1 fully saturated rings. The predicted octanol–water partition coefficient (Wildman–Crippen LogP) is 6.42. The standard InChI is InChI=1S/C34H32BrClN4O6/c1-44-22-8-9-24(35)23(13-22)34(43)37-26-12-20(33(42)38-27-14-25(36)30(45-2)15-31(27)46-3)7-10-29(26)39-16-19-11-21(18-39)28-5-4-6-32(41)40(28)17-19/h4-10,12-15,19,21H,11,16-18H2,1-3H3,(H,37,43)(H,38,42). The zero-order valence-electron chi connectivity index (χ0n) is 25.4. The molecule has 12 heteroatoms. The number of benzene rings is 3. The van der Waals surface area contributed by atoms with E-state index in [4.69, 9.17) is 25.8 Å². The largest absolute Gasteiger partial charge is 0.497 e. The van der Waals surface area contributed by atoms with Crippen molar-refractivity contribution in [3.05, 3.63) is 103 Å². The van der Waals surface area contributed by atoms with Gasteiger partial charge in [-0.2, -0.15) is 0 Å². The van der Waals surface area contributed by atoms with Gasteiger partial charge in [-0.3, -0.25) is 14.4 Å². The van der Waals surface area contributed by atoms with Crippen LogP contribution in [0.4, 0.5) is 17.1 Å². The first-order chi connectivity index (χ1) is 22.2. The number of rotatable bonds is 8. The van der Waals surface area contributed by atoms with Crippen molar-refractivity contribution in [2.45, 2.75) is 18.9 Å². The lowest BCUT2D eigenvalue weighted by Crippen LogP contribution is -2.47. The van der Waals surface area contributed by atoms with E-state index in [0.717, 1.165) is 17.8 Å². The quantitative estimate of drug-likeness (QED) is 0.218. The third-order valence-electron chi connectivity index (χ3n) is 8.47. The van der Waals surface area contributed by atoms with Gasteiger partial charge in [0.05, 0.1) is 49.0 Å². The van der Waals surface area contributed by atoms with Gasteiger partial charge in [0, 0.05) is 53.4 Å². The molecule has 10 nitrogen and oxygen atoms in total. The highest BCUT2D eigenvalue weighted by Crippen LogP contribution is 2.40. The molecule has 2 aliphatic heterocycles. The van der Waals surface area contributed by atoms with Gasteiger partial charge in [0.15, 0.2) is 0 Å². The second-order valence-corrected chi connectivity index (χ2v) is 12.5. The SMILES string of the molecule is COc1ccc(Br)c(C(=O)Nc2cc(C(=O)Nc3cc(Cl)c(OC)cc3OC)ccc2N2CC3CC(C2)c2cccc(=O)n2C3)c1. The molecule has 0 radical (unpaired) electrons. The van der Waals surface area contributed by atoms with Gasteiger partial charge in [-0.05, 0) is 76.8 Å². The Labute approximate surface area is 279 Å². The van der Waals surface area contributed by atoms with E-state index in [-0.39, 0.29) is 23.3 Å². The second-order valence-electron chi connectivity index (χ2n) is 11.3. The molecule has 3 heterocycles. The molecule has 2 N–H and O–H groups in total. The molecule has 2 unspecified atom stereocenters. The molecule has 238 valence electrons. The Kier molecular flexibility index (Phi) is 8.97. The molecule has 1 aromatic heterocycles. The number of methoxy groups -OCH3 is 3. The number of anilines is 3. The number of fused-ring (bicyclic) bond motifs is 4. The first-order valence-electron chi connectivity index (χ1n) is 14.7. The highest BCUT2D eigenvalue weighted by Gasteiger charge is 2.35. The van der Waals surface area contributed by atoms with Gasteiger partial charge >= 0.3 is 0 Å². The summed E-state index contributed by atoms with van der Waals surface area (Å²) >= 11 is 9.81. The summed E-state index contributed by atoms with van der Waals surface area (Å²) in [5, 5.41) is 6.23. The minimum absolute atomic E-state index is 0.0163. The van der Waals surface area contributed by atoms with E-state index in [2.05, 4.69) is 31.5 Å². The Morgan fingerprint density at radius 2 is 1.63 bits per heavy atom. The number of hydrogen-bond acceptors (Lipinski definition) is 7. The summed E-state index contributed by atoms with van der Waals surface area (Å²) < 4.78 is 18.5. The van der Waals surface area contributed by atoms with E-state index in [1.165, 1.54) is 21.3 Å². The van der Waals surface area contributed by atoms with Crippen molar-refractivity contribution in [2.75, 3.05) is 50.0 Å². The number of piperidine rings is 1. The van der Waals surface area contributed by atoms with Crippen LogP contribution in [-0.4, -0.2) is 50.8 Å². The van der Waals surface area contributed by atoms with Gasteiger partial charge in [0.1, 0.15) is 17.2 Å². The number of hydrogen-bond donors (Lipinski definition) is 2. The maximum absolute atomic E-state index is 13.7. The fourth-order valence-corrected chi connectivity index (χ4v) is 6.96. The first kappa shape index (κ1) is 31.5. The van der Waals surface area contributed by atoms with E-state index in [1.807, 2.05) is 22.8 Å². The molecule has 3 aromatic carbocycles. The molecule has 1 saturated heterocycles. The van der Waals surface area contributed by atoms with Gasteiger partial charge in [-0.15, -0.1) is 0 Å². The molecular formula is C34H32BrClN4O6. The predicted molar refractivity (Wildman–Crippen MR) is 181 cm³/mol. The maximum atomic E-state index is 13.7. The van der Waals surface area contributed by atoms with Gasteiger partial charge < -0.3 is 34.3 Å². The lowest BCUT2D eigenvalue weighted by molar-refractivity contribution is 0.101. The van der Waals surface area contributed by atoms with Crippen molar-refractivity contribution in [1.82, 2.24) is 4.57 Å². The van der Waals surface area contributed by atoms with Crippen molar-refractivity contribution in [3.8, 4) is 17.2 Å². The summed E-state index contributed by atoms with van der Waals surface area (Å²) in [6.07, 6.45) is 0.977. The molecule has 2 bridgehead atoms. The lowest BCUT2D eigenvalue weighted by atomic mass is 9.83. The smallest absolute Gasteiger partial charge is 0.257 e. The minimum Gasteiger partial charge on any atom is -0.497 e. The number of ether oxygens (including phenoxy) is 3. The van der Waals surface area contributed by atoms with Crippen LogP contribution in [0.1, 0.15) is 38.7 Å². The van der Waals surface area contributed by atoms with Crippen molar-refractivity contribution < 1.29 is 23.8 Å². The van der Waals surface area contributed by atoms with Crippen LogP contribution in [0.2, 0.25) is 5.02 Å². The van der Waals surface area contributed by atoms with Crippen molar-refractivity contribution in [3.63, 3.8) is 0 Å². The molecule has 2 amide bonds. The van der Waals surface area contributed by atoms with Gasteiger partial charge in [-0.1, -0.05) is 17.7 Å². The van der Waals surface area contributed by atoms with Crippen LogP contribution in [0.3, 0.4) is 0 Å². The molecule has 0 saturated carbocycles. The number of aromatic nitrogens is 1. The van der Waals surface area contributed by atoms with E-state index < -0.39 is 5.91 Å². The Morgan fingerprint density at radius 3 is 2.39 bits per heavy atom. The Morgan fingerprint density at radius 1 is 0.848 bits per heavy atom. The fraction of sp³-hybridized carbons (Fsp3) is 0.265. The third kappa shape index (κ3) is 6.17. The summed E-state index contributed by atoms with van der Waals surface area (Å²) in [4.78, 5) is 42.1. The van der Waals surface area contributed by atoms with Crippen LogP contribution < -0.4 is 35.3 Å². The highest BCUT2D eigenvalue weighted by atomic mass is 79.9. The summed E-state index contributed by atoms with van der Waals surface area (Å²) in [5.41, 5.74) is 3.33. The van der Waals surface area contributed by atoms with Gasteiger partial charge in [0.2, 0.25) is 0 Å². The van der Waals surface area contributed by atoms with Crippen molar-refractivity contribution >= 4 is 56.4 Å². The number of halogens is 2. The zero-order chi connectivity index (χ0) is 32.5. The molecular weight excluding hydrogens is 676 g/mol. The Balaban J connectivity index is 1.35. The van der Waals surface area contributed by atoms with Gasteiger partial charge in [0.25, 0.3) is 17.4 Å². The van der Waals surface area contributed by atoms with Crippen molar-refractivity contribution in [2.24, 2.45) is 5.92 Å².